The number of hydrogen-bond acceptors (Lipinski definition) is 6. The average molecular weight is 341 g/mol. The lowest BCUT2D eigenvalue weighted by Crippen LogP contribution is -2.25. The summed E-state index contributed by atoms with van der Waals surface area (Å²) in [5.41, 5.74) is 1.72. The fourth-order valence-corrected chi connectivity index (χ4v) is 2.80. The number of halogens is 1. The summed E-state index contributed by atoms with van der Waals surface area (Å²) < 4.78 is 5.19. The van der Waals surface area contributed by atoms with Crippen LogP contribution in [0.3, 0.4) is 0 Å². The van der Waals surface area contributed by atoms with E-state index in [0.29, 0.717) is 17.3 Å². The number of hydrogen-bond donors (Lipinski definition) is 1. The summed E-state index contributed by atoms with van der Waals surface area (Å²) in [6.07, 6.45) is 3.13. The molecule has 0 spiro atoms. The van der Waals surface area contributed by atoms with Gasteiger partial charge in [0.05, 0.1) is 6.54 Å². The molecule has 2 aromatic heterocycles. The first-order valence-corrected chi connectivity index (χ1v) is 7.67. The van der Waals surface area contributed by atoms with Gasteiger partial charge in [0.25, 0.3) is 5.91 Å². The van der Waals surface area contributed by atoms with Crippen molar-refractivity contribution in [2.75, 3.05) is 20.1 Å². The molecule has 6 nitrogen and oxygen atoms in total. The number of aromatic nitrogens is 2. The van der Waals surface area contributed by atoms with Crippen LogP contribution in [0.4, 0.5) is 0 Å². The fourth-order valence-electron chi connectivity index (χ4n) is 2.16. The van der Waals surface area contributed by atoms with Gasteiger partial charge in [0.15, 0.2) is 5.82 Å². The van der Waals surface area contributed by atoms with Crippen molar-refractivity contribution in [2.24, 2.45) is 0 Å². The van der Waals surface area contributed by atoms with Crippen molar-refractivity contribution in [3.8, 4) is 0 Å². The first kappa shape index (κ1) is 16.7. The van der Waals surface area contributed by atoms with Gasteiger partial charge in [-0.25, -0.2) is 0 Å². The van der Waals surface area contributed by atoms with Crippen molar-refractivity contribution in [1.82, 2.24) is 20.4 Å². The molecule has 0 saturated heterocycles. The molecule has 22 heavy (non-hydrogen) atoms. The molecule has 1 N–H and O–H groups in total. The molecular weight excluding hydrogens is 324 g/mol. The predicted octanol–water partition coefficient (Wildman–Crippen LogP) is 2.20. The molecule has 0 bridgehead atoms. The number of carbonyl (C=O) groups is 1. The Hall–Kier alpha value is -1.70. The van der Waals surface area contributed by atoms with E-state index in [1.807, 2.05) is 5.38 Å². The summed E-state index contributed by atoms with van der Waals surface area (Å²) in [6, 6.07) is 1.78. The number of carbonyl (C=O) groups excluding carboxylic acids is 1. The Balaban J connectivity index is 0.00000176. The van der Waals surface area contributed by atoms with E-state index in [9.17, 15) is 4.79 Å². The van der Waals surface area contributed by atoms with Crippen molar-refractivity contribution in [3.05, 3.63) is 40.2 Å². The highest BCUT2D eigenvalue weighted by atomic mass is 35.5. The first-order chi connectivity index (χ1) is 10.2. The minimum Gasteiger partial charge on any atom is -0.343 e. The van der Waals surface area contributed by atoms with Crippen LogP contribution in [0.15, 0.2) is 27.4 Å². The molecule has 0 unspecified atom stereocenters. The molecular formula is C14H17ClN4O2S. The maximum atomic E-state index is 11.8. The Morgan fingerprint density at radius 2 is 2.41 bits per heavy atom. The molecule has 8 heteroatoms. The van der Waals surface area contributed by atoms with Crippen molar-refractivity contribution in [1.29, 1.82) is 0 Å². The summed E-state index contributed by atoms with van der Waals surface area (Å²) in [5, 5.41) is 10.4. The van der Waals surface area contributed by atoms with Crippen LogP contribution in [0.2, 0.25) is 0 Å². The second-order valence-corrected chi connectivity index (χ2v) is 5.74. The largest absolute Gasteiger partial charge is 0.343 e. The zero-order valence-electron chi connectivity index (χ0n) is 12.1. The summed E-state index contributed by atoms with van der Waals surface area (Å²) in [6.45, 7) is 2.11. The van der Waals surface area contributed by atoms with Crippen molar-refractivity contribution in [3.63, 3.8) is 0 Å². The topological polar surface area (TPSA) is 71.3 Å². The summed E-state index contributed by atoms with van der Waals surface area (Å²) in [5.74, 6) is 0.900. The third-order valence-corrected chi connectivity index (χ3v) is 3.96. The molecule has 0 aromatic carbocycles. The molecule has 118 valence electrons. The molecule has 1 amide bonds. The van der Waals surface area contributed by atoms with Gasteiger partial charge in [-0.15, -0.1) is 12.4 Å². The minimum atomic E-state index is -0.132. The molecule has 3 rings (SSSR count). The maximum Gasteiger partial charge on any atom is 0.252 e. The number of amides is 1. The van der Waals surface area contributed by atoms with Gasteiger partial charge in [0, 0.05) is 29.6 Å². The summed E-state index contributed by atoms with van der Waals surface area (Å²) in [4.78, 5) is 18.4. The molecule has 0 fully saturated rings. The summed E-state index contributed by atoms with van der Waals surface area (Å²) in [7, 11) is 2.06. The van der Waals surface area contributed by atoms with Gasteiger partial charge in [0.1, 0.15) is 0 Å². The van der Waals surface area contributed by atoms with Gasteiger partial charge >= 0.3 is 0 Å². The zero-order chi connectivity index (χ0) is 14.7. The quantitative estimate of drug-likeness (QED) is 0.923. The van der Waals surface area contributed by atoms with E-state index >= 15 is 0 Å². The highest BCUT2D eigenvalue weighted by Gasteiger charge is 2.16. The zero-order valence-corrected chi connectivity index (χ0v) is 13.7. The number of rotatable bonds is 4. The SMILES string of the molecule is CN1CCC=C(c2noc(CNC(=O)c3ccsc3)n2)C1.Cl. The van der Waals surface area contributed by atoms with Gasteiger partial charge in [-0.2, -0.15) is 16.3 Å². The van der Waals surface area contributed by atoms with Crippen molar-refractivity contribution < 1.29 is 9.32 Å². The average Bonchev–Trinajstić information content (AvgIpc) is 3.16. The highest BCUT2D eigenvalue weighted by molar-refractivity contribution is 7.08. The van der Waals surface area contributed by atoms with Crippen LogP contribution in [0.5, 0.6) is 0 Å². The molecule has 3 heterocycles. The maximum absolute atomic E-state index is 11.8. The Labute approximate surface area is 138 Å². The van der Waals surface area contributed by atoms with E-state index in [1.54, 1.807) is 11.4 Å². The predicted molar refractivity (Wildman–Crippen MR) is 87.1 cm³/mol. The van der Waals surface area contributed by atoms with E-state index < -0.39 is 0 Å². The second kappa shape index (κ2) is 7.53. The third kappa shape index (κ3) is 3.94. The van der Waals surface area contributed by atoms with Crippen LogP contribution in [-0.4, -0.2) is 41.1 Å². The van der Waals surface area contributed by atoms with Crippen LogP contribution < -0.4 is 5.32 Å². The Morgan fingerprint density at radius 1 is 1.55 bits per heavy atom. The molecule has 0 aliphatic carbocycles. The van der Waals surface area contributed by atoms with Gasteiger partial charge < -0.3 is 14.7 Å². The van der Waals surface area contributed by atoms with Gasteiger partial charge in [-0.05, 0) is 24.9 Å². The number of likely N-dealkylation sites (N-methyl/N-ethyl adjacent to an activating group) is 1. The Bertz CT molecular complexity index is 654. The van der Waals surface area contributed by atoms with Crippen LogP contribution in [0.1, 0.15) is 28.5 Å². The Morgan fingerprint density at radius 3 is 3.14 bits per heavy atom. The molecule has 2 aromatic rings. The van der Waals surface area contributed by atoms with Gasteiger partial charge in [0.2, 0.25) is 5.89 Å². The van der Waals surface area contributed by atoms with Crippen LogP contribution in [0.25, 0.3) is 5.57 Å². The van der Waals surface area contributed by atoms with E-state index in [-0.39, 0.29) is 24.9 Å². The third-order valence-electron chi connectivity index (χ3n) is 3.28. The Kier molecular flexibility index (Phi) is 5.70. The van der Waals surface area contributed by atoms with E-state index in [1.165, 1.54) is 11.3 Å². The normalized spacial score (nSPS) is 15.0. The van der Waals surface area contributed by atoms with Crippen LogP contribution in [-0.2, 0) is 6.54 Å². The monoisotopic (exact) mass is 340 g/mol. The number of thiophene rings is 1. The smallest absolute Gasteiger partial charge is 0.252 e. The lowest BCUT2D eigenvalue weighted by molar-refractivity contribution is 0.0946. The molecule has 0 saturated carbocycles. The van der Waals surface area contributed by atoms with Gasteiger partial charge in [-0.3, -0.25) is 4.79 Å². The molecule has 0 radical (unpaired) electrons. The fraction of sp³-hybridized carbons (Fsp3) is 0.357. The number of nitrogens with one attached hydrogen (secondary N) is 1. The summed E-state index contributed by atoms with van der Waals surface area (Å²) >= 11 is 1.49. The number of nitrogens with zero attached hydrogens (tertiary/aromatic N) is 3. The lowest BCUT2D eigenvalue weighted by Gasteiger charge is -2.20. The standard InChI is InChI=1S/C14H16N4O2S.ClH/c1-18-5-2-3-10(8-18)13-16-12(20-17-13)7-15-14(19)11-4-6-21-9-11;/h3-4,6,9H,2,5,7-8H2,1H3,(H,15,19);1H. The van der Waals surface area contributed by atoms with Crippen LogP contribution >= 0.6 is 23.7 Å². The van der Waals surface area contributed by atoms with E-state index in [4.69, 9.17) is 4.52 Å². The molecule has 1 aliphatic heterocycles. The first-order valence-electron chi connectivity index (χ1n) is 6.73. The van der Waals surface area contributed by atoms with E-state index in [2.05, 4.69) is 33.5 Å². The molecule has 1 aliphatic rings. The second-order valence-electron chi connectivity index (χ2n) is 4.96. The highest BCUT2D eigenvalue weighted by Crippen LogP contribution is 2.17. The van der Waals surface area contributed by atoms with Crippen LogP contribution in [0, 0.1) is 0 Å². The van der Waals surface area contributed by atoms with E-state index in [0.717, 1.165) is 25.1 Å². The van der Waals surface area contributed by atoms with Crippen molar-refractivity contribution >= 4 is 35.2 Å². The minimum absolute atomic E-state index is 0. The van der Waals surface area contributed by atoms with Crippen molar-refractivity contribution in [2.45, 2.75) is 13.0 Å². The lowest BCUT2D eigenvalue weighted by atomic mass is 10.1. The van der Waals surface area contributed by atoms with Gasteiger partial charge in [-0.1, -0.05) is 11.2 Å². The molecule has 0 atom stereocenters.